The Balaban J connectivity index is 2.20. The second-order valence-electron chi connectivity index (χ2n) is 3.33. The van der Waals surface area contributed by atoms with Crippen molar-refractivity contribution in [3.63, 3.8) is 0 Å². The monoisotopic (exact) mass is 209 g/mol. The van der Waals surface area contributed by atoms with E-state index < -0.39 is 12.2 Å². The Kier molecular flexibility index (Phi) is 2.03. The number of ether oxygens (including phenoxy) is 1. The van der Waals surface area contributed by atoms with Crippen LogP contribution in [0, 0.1) is 0 Å². The maximum absolute atomic E-state index is 10.5. The lowest BCUT2D eigenvalue weighted by molar-refractivity contribution is -0.138. The Morgan fingerprint density at radius 3 is 2.80 bits per heavy atom. The Hall–Kier alpha value is -2.11. The molecule has 6 heteroatoms. The van der Waals surface area contributed by atoms with Crippen molar-refractivity contribution in [3.8, 4) is 5.75 Å². The van der Waals surface area contributed by atoms with Gasteiger partial charge in [0.2, 0.25) is 0 Å². The number of nitrogen functional groups attached to an aromatic ring is 2. The highest BCUT2D eigenvalue weighted by Crippen LogP contribution is 2.37. The van der Waals surface area contributed by atoms with E-state index in [-0.39, 0.29) is 6.42 Å². The predicted octanol–water partition coefficient (Wildman–Crippen LogP) is 0.456. The number of carbonyl (C=O) groups is 1. The highest BCUT2D eigenvalue weighted by atomic mass is 16.5. The van der Waals surface area contributed by atoms with Gasteiger partial charge in [0.25, 0.3) is 0 Å². The van der Waals surface area contributed by atoms with Crippen LogP contribution in [0.15, 0.2) is 12.1 Å². The molecule has 2 rings (SSSR count). The number of aliphatic carboxylic acids is 1. The van der Waals surface area contributed by atoms with Gasteiger partial charge < -0.3 is 26.6 Å². The van der Waals surface area contributed by atoms with Gasteiger partial charge in [-0.3, -0.25) is 4.79 Å². The SMILES string of the molecule is Nc1cc2c(cc1N)OC(CC(=O)O)N2. The minimum absolute atomic E-state index is 0.117. The van der Waals surface area contributed by atoms with Crippen molar-refractivity contribution >= 4 is 23.0 Å². The third kappa shape index (κ3) is 1.74. The first-order chi connectivity index (χ1) is 7.06. The van der Waals surface area contributed by atoms with Crippen molar-refractivity contribution < 1.29 is 14.6 Å². The maximum atomic E-state index is 10.5. The maximum Gasteiger partial charge on any atom is 0.309 e. The summed E-state index contributed by atoms with van der Waals surface area (Å²) in [5.74, 6) is -0.394. The molecule has 1 aromatic carbocycles. The van der Waals surface area contributed by atoms with Crippen LogP contribution in [0.2, 0.25) is 0 Å². The zero-order chi connectivity index (χ0) is 11.0. The second-order valence-corrected chi connectivity index (χ2v) is 3.33. The predicted molar refractivity (Wildman–Crippen MR) is 55.6 cm³/mol. The standard InChI is InChI=1S/C9H11N3O3/c10-4-1-6-7(2-5(4)11)15-8(12-6)3-9(13)14/h1-2,8,12H,3,10-11H2,(H,13,14). The van der Waals surface area contributed by atoms with Gasteiger partial charge >= 0.3 is 5.97 Å². The van der Waals surface area contributed by atoms with Crippen molar-refractivity contribution in [1.82, 2.24) is 0 Å². The Bertz CT molecular complexity index is 388. The summed E-state index contributed by atoms with van der Waals surface area (Å²) in [6.07, 6.45) is -0.673. The topological polar surface area (TPSA) is 111 Å². The number of benzene rings is 1. The Morgan fingerprint density at radius 1 is 1.47 bits per heavy atom. The van der Waals surface area contributed by atoms with Gasteiger partial charge in [-0.15, -0.1) is 0 Å². The quantitative estimate of drug-likeness (QED) is 0.526. The van der Waals surface area contributed by atoms with Crippen LogP contribution in [0.5, 0.6) is 5.75 Å². The van der Waals surface area contributed by atoms with Crippen molar-refractivity contribution in [2.75, 3.05) is 16.8 Å². The molecule has 1 atom stereocenters. The van der Waals surface area contributed by atoms with Gasteiger partial charge in [0, 0.05) is 6.07 Å². The first kappa shape index (κ1) is 9.45. The summed E-state index contributed by atoms with van der Waals surface area (Å²) < 4.78 is 5.33. The molecule has 1 aliphatic rings. The van der Waals surface area contributed by atoms with Gasteiger partial charge in [-0.25, -0.2) is 0 Å². The molecule has 0 fully saturated rings. The van der Waals surface area contributed by atoms with Crippen LogP contribution in [0.4, 0.5) is 17.1 Å². The van der Waals surface area contributed by atoms with Crippen LogP contribution >= 0.6 is 0 Å². The van der Waals surface area contributed by atoms with E-state index in [9.17, 15) is 4.79 Å². The summed E-state index contributed by atoms with van der Waals surface area (Å²) >= 11 is 0. The largest absolute Gasteiger partial charge is 0.481 e. The normalized spacial score (nSPS) is 17.7. The van der Waals surface area contributed by atoms with Gasteiger partial charge in [-0.2, -0.15) is 0 Å². The fourth-order valence-electron chi connectivity index (χ4n) is 1.43. The molecule has 0 spiro atoms. The summed E-state index contributed by atoms with van der Waals surface area (Å²) in [5.41, 5.74) is 12.7. The van der Waals surface area contributed by atoms with E-state index in [0.29, 0.717) is 22.8 Å². The molecular formula is C9H11N3O3. The van der Waals surface area contributed by atoms with Crippen LogP contribution < -0.4 is 21.5 Å². The van der Waals surface area contributed by atoms with Gasteiger partial charge in [-0.1, -0.05) is 0 Å². The van der Waals surface area contributed by atoms with Gasteiger partial charge in [0.15, 0.2) is 6.23 Å². The molecule has 80 valence electrons. The minimum atomic E-state index is -0.929. The number of hydrogen-bond acceptors (Lipinski definition) is 5. The molecule has 6 N–H and O–H groups in total. The summed E-state index contributed by atoms with van der Waals surface area (Å²) in [5, 5.41) is 11.5. The van der Waals surface area contributed by atoms with Crippen LogP contribution in [0.3, 0.4) is 0 Å². The lowest BCUT2D eigenvalue weighted by atomic mass is 10.2. The zero-order valence-electron chi connectivity index (χ0n) is 7.86. The van der Waals surface area contributed by atoms with E-state index in [1.807, 2.05) is 0 Å². The fourth-order valence-corrected chi connectivity index (χ4v) is 1.43. The summed E-state index contributed by atoms with van der Waals surface area (Å²) in [6.45, 7) is 0. The Labute approximate surface area is 85.8 Å². The van der Waals surface area contributed by atoms with Crippen LogP contribution in [0.25, 0.3) is 0 Å². The number of carboxylic acid groups (broad SMARTS) is 1. The number of nitrogens with two attached hydrogens (primary N) is 2. The Morgan fingerprint density at radius 2 is 2.13 bits per heavy atom. The molecule has 0 aliphatic carbocycles. The minimum Gasteiger partial charge on any atom is -0.481 e. The lowest BCUT2D eigenvalue weighted by Gasteiger charge is -2.06. The van der Waals surface area contributed by atoms with E-state index in [0.717, 1.165) is 0 Å². The number of carboxylic acids is 1. The third-order valence-corrected chi connectivity index (χ3v) is 2.13. The molecule has 0 radical (unpaired) electrons. The van der Waals surface area contributed by atoms with E-state index in [1.165, 1.54) is 0 Å². The number of hydrogen-bond donors (Lipinski definition) is 4. The molecule has 0 saturated carbocycles. The van der Waals surface area contributed by atoms with E-state index in [4.69, 9.17) is 21.3 Å². The molecule has 1 aliphatic heterocycles. The highest BCUT2D eigenvalue weighted by molar-refractivity contribution is 5.77. The third-order valence-electron chi connectivity index (χ3n) is 2.13. The molecule has 0 aromatic heterocycles. The number of rotatable bonds is 2. The highest BCUT2D eigenvalue weighted by Gasteiger charge is 2.24. The summed E-state index contributed by atoms with van der Waals surface area (Å²) in [4.78, 5) is 10.5. The molecule has 1 aromatic rings. The van der Waals surface area contributed by atoms with Crippen LogP contribution in [-0.2, 0) is 4.79 Å². The summed E-state index contributed by atoms with van der Waals surface area (Å²) in [6, 6.07) is 3.21. The number of fused-ring (bicyclic) bond motifs is 1. The van der Waals surface area contributed by atoms with Gasteiger partial charge in [-0.05, 0) is 6.07 Å². The van der Waals surface area contributed by atoms with Gasteiger partial charge in [0.1, 0.15) is 12.2 Å². The average Bonchev–Trinajstić information content (AvgIpc) is 2.46. The molecular weight excluding hydrogens is 198 g/mol. The zero-order valence-corrected chi connectivity index (χ0v) is 7.86. The average molecular weight is 209 g/mol. The summed E-state index contributed by atoms with van der Waals surface area (Å²) in [7, 11) is 0. The lowest BCUT2D eigenvalue weighted by Crippen LogP contribution is -2.23. The van der Waals surface area contributed by atoms with Crippen molar-refractivity contribution in [3.05, 3.63) is 12.1 Å². The van der Waals surface area contributed by atoms with Gasteiger partial charge in [0.05, 0.1) is 17.1 Å². The molecule has 0 saturated heterocycles. The molecule has 0 bridgehead atoms. The second kappa shape index (κ2) is 3.23. The smallest absolute Gasteiger partial charge is 0.309 e. The van der Waals surface area contributed by atoms with Crippen LogP contribution in [-0.4, -0.2) is 17.3 Å². The van der Waals surface area contributed by atoms with Crippen molar-refractivity contribution in [1.29, 1.82) is 0 Å². The molecule has 15 heavy (non-hydrogen) atoms. The molecule has 1 heterocycles. The first-order valence-electron chi connectivity index (χ1n) is 4.40. The fraction of sp³-hybridized carbons (Fsp3) is 0.222. The first-order valence-corrected chi connectivity index (χ1v) is 4.40. The van der Waals surface area contributed by atoms with Crippen molar-refractivity contribution in [2.24, 2.45) is 0 Å². The van der Waals surface area contributed by atoms with E-state index >= 15 is 0 Å². The number of anilines is 3. The van der Waals surface area contributed by atoms with Crippen molar-refractivity contribution in [2.45, 2.75) is 12.6 Å². The van der Waals surface area contributed by atoms with Crippen LogP contribution in [0.1, 0.15) is 6.42 Å². The molecule has 6 nitrogen and oxygen atoms in total. The molecule has 1 unspecified atom stereocenters. The molecule has 0 amide bonds. The number of nitrogens with one attached hydrogen (secondary N) is 1. The van der Waals surface area contributed by atoms with E-state index in [2.05, 4.69) is 5.32 Å². The van der Waals surface area contributed by atoms with E-state index in [1.54, 1.807) is 12.1 Å².